The minimum atomic E-state index is -0.632. The standard InChI is InChI=1S/C16H23N5O3.C8H14O2.C4H10/c1-10(2)16(6-5-11(24-16)8-23-14(22)7-17)13-4-3-12-15(18)19-9-20-21(12)13;9-8(10)6-7-4-2-1-3-5-7;1-4(2)3/h3-4,9-11H,5-8,17H2,1-2H3,(H2,18,19,20);7H,1-6H2,(H,9,10);4H,1-3H3/t11?,16-;;/m0../s1. The van der Waals surface area contributed by atoms with Gasteiger partial charge in [-0.1, -0.05) is 53.9 Å². The van der Waals surface area contributed by atoms with Crippen molar-refractivity contribution in [3.05, 3.63) is 24.2 Å². The van der Waals surface area contributed by atoms with E-state index < -0.39 is 17.5 Å². The van der Waals surface area contributed by atoms with Crippen molar-refractivity contribution in [3.63, 3.8) is 0 Å². The molecule has 0 spiro atoms. The fourth-order valence-electron chi connectivity index (χ4n) is 4.97. The lowest BCUT2D eigenvalue weighted by atomic mass is 9.84. The Morgan fingerprint density at radius 3 is 2.39 bits per heavy atom. The van der Waals surface area contributed by atoms with Gasteiger partial charge in [-0.05, 0) is 55.6 Å². The zero-order valence-corrected chi connectivity index (χ0v) is 23.7. The van der Waals surface area contributed by atoms with Crippen LogP contribution in [0.15, 0.2) is 18.5 Å². The van der Waals surface area contributed by atoms with Crippen LogP contribution in [0.1, 0.15) is 91.7 Å². The average molecular weight is 534 g/mol. The second-order valence-corrected chi connectivity index (χ2v) is 11.2. The molecule has 2 atom stereocenters. The van der Waals surface area contributed by atoms with Crippen LogP contribution in [0.5, 0.6) is 0 Å². The second kappa shape index (κ2) is 15.0. The molecule has 38 heavy (non-hydrogen) atoms. The number of hydrogen-bond acceptors (Lipinski definition) is 8. The number of carbonyl (C=O) groups excluding carboxylic acids is 1. The molecule has 2 aromatic rings. The molecule has 1 saturated carbocycles. The van der Waals surface area contributed by atoms with Crippen molar-refractivity contribution in [2.75, 3.05) is 18.9 Å². The van der Waals surface area contributed by atoms with E-state index in [1.165, 1.54) is 25.6 Å². The lowest BCUT2D eigenvalue weighted by Gasteiger charge is -2.33. The van der Waals surface area contributed by atoms with Gasteiger partial charge in [-0.3, -0.25) is 9.59 Å². The zero-order valence-electron chi connectivity index (χ0n) is 23.7. The predicted octanol–water partition coefficient (Wildman–Crippen LogP) is 4.55. The number of aliphatic carboxylic acids is 1. The van der Waals surface area contributed by atoms with Crippen molar-refractivity contribution in [1.82, 2.24) is 14.6 Å². The monoisotopic (exact) mass is 533 g/mol. The fraction of sp³-hybridized carbons (Fsp3) is 0.714. The van der Waals surface area contributed by atoms with Crippen molar-refractivity contribution in [2.24, 2.45) is 23.5 Å². The number of nitrogens with zero attached hydrogens (tertiary/aromatic N) is 3. The summed E-state index contributed by atoms with van der Waals surface area (Å²) in [7, 11) is 0. The summed E-state index contributed by atoms with van der Waals surface area (Å²) < 4.78 is 13.3. The van der Waals surface area contributed by atoms with Crippen LogP contribution in [0.2, 0.25) is 0 Å². The number of rotatable bonds is 7. The molecular weight excluding hydrogens is 486 g/mol. The lowest BCUT2D eigenvalue weighted by Crippen LogP contribution is -2.35. The van der Waals surface area contributed by atoms with Crippen molar-refractivity contribution in [2.45, 2.75) is 97.7 Å². The minimum absolute atomic E-state index is 0.123. The Balaban J connectivity index is 0.000000299. The van der Waals surface area contributed by atoms with Crippen LogP contribution in [0, 0.1) is 17.8 Å². The molecule has 3 heterocycles. The Kier molecular flexibility index (Phi) is 12.4. The van der Waals surface area contributed by atoms with E-state index in [-0.39, 0.29) is 25.2 Å². The number of anilines is 1. The van der Waals surface area contributed by atoms with Crippen LogP contribution in [-0.4, -0.2) is 50.9 Å². The molecule has 4 rings (SSSR count). The molecule has 0 radical (unpaired) electrons. The van der Waals surface area contributed by atoms with Crippen LogP contribution < -0.4 is 11.5 Å². The van der Waals surface area contributed by atoms with Gasteiger partial charge in [0.05, 0.1) is 18.3 Å². The van der Waals surface area contributed by atoms with E-state index in [0.717, 1.165) is 42.8 Å². The number of aromatic nitrogens is 3. The van der Waals surface area contributed by atoms with E-state index in [2.05, 4.69) is 44.7 Å². The number of ether oxygens (including phenoxy) is 2. The van der Waals surface area contributed by atoms with Crippen LogP contribution >= 0.6 is 0 Å². The van der Waals surface area contributed by atoms with Gasteiger partial charge < -0.3 is 26.0 Å². The third-order valence-corrected chi connectivity index (χ3v) is 6.85. The number of carboxylic acids is 1. The first-order valence-electron chi connectivity index (χ1n) is 13.8. The molecule has 1 saturated heterocycles. The van der Waals surface area contributed by atoms with Gasteiger partial charge in [0.2, 0.25) is 0 Å². The highest BCUT2D eigenvalue weighted by Crippen LogP contribution is 2.45. The highest BCUT2D eigenvalue weighted by molar-refractivity contribution is 5.71. The van der Waals surface area contributed by atoms with Crippen molar-refractivity contribution < 1.29 is 24.2 Å². The number of nitrogen functional groups attached to an aromatic ring is 1. The number of hydrogen-bond donors (Lipinski definition) is 3. The fourth-order valence-corrected chi connectivity index (χ4v) is 4.97. The summed E-state index contributed by atoms with van der Waals surface area (Å²) >= 11 is 0. The highest BCUT2D eigenvalue weighted by atomic mass is 16.6. The Hall–Kier alpha value is -2.72. The van der Waals surface area contributed by atoms with E-state index in [0.29, 0.717) is 18.2 Å². The summed E-state index contributed by atoms with van der Waals surface area (Å²) in [4.78, 5) is 25.6. The van der Waals surface area contributed by atoms with Crippen molar-refractivity contribution in [1.29, 1.82) is 0 Å². The SMILES string of the molecule is CC(C)C.CC(C)[C@]1(c2ccc3c(N)ncnn23)CCC(COC(=O)CN)O1.O=C(O)CC1CCCCC1. The Morgan fingerprint density at radius 1 is 1.16 bits per heavy atom. The van der Waals surface area contributed by atoms with Gasteiger partial charge in [0.15, 0.2) is 5.82 Å². The summed E-state index contributed by atoms with van der Waals surface area (Å²) in [5.41, 5.74) is 12.4. The van der Waals surface area contributed by atoms with Gasteiger partial charge in [-0.25, -0.2) is 9.50 Å². The number of carbonyl (C=O) groups is 2. The molecule has 0 amide bonds. The third kappa shape index (κ3) is 8.94. The first-order chi connectivity index (χ1) is 18.0. The maximum Gasteiger partial charge on any atom is 0.319 e. The first kappa shape index (κ1) is 31.5. The third-order valence-electron chi connectivity index (χ3n) is 6.85. The largest absolute Gasteiger partial charge is 0.481 e. The van der Waals surface area contributed by atoms with E-state index >= 15 is 0 Å². The number of fused-ring (bicyclic) bond motifs is 1. The van der Waals surface area contributed by atoms with Gasteiger partial charge in [-0.15, -0.1) is 0 Å². The van der Waals surface area contributed by atoms with Gasteiger partial charge in [0, 0.05) is 6.42 Å². The normalized spacial score (nSPS) is 21.5. The summed E-state index contributed by atoms with van der Waals surface area (Å²) in [5.74, 6) is 0.899. The van der Waals surface area contributed by atoms with Gasteiger partial charge in [0.25, 0.3) is 0 Å². The topological polar surface area (TPSA) is 155 Å². The number of nitrogens with two attached hydrogens (primary N) is 2. The first-order valence-corrected chi connectivity index (χ1v) is 13.8. The molecule has 0 bridgehead atoms. The maximum absolute atomic E-state index is 11.3. The zero-order chi connectivity index (χ0) is 28.3. The minimum Gasteiger partial charge on any atom is -0.481 e. The van der Waals surface area contributed by atoms with Crippen LogP contribution in [0.3, 0.4) is 0 Å². The molecule has 1 unspecified atom stereocenters. The summed E-state index contributed by atoms with van der Waals surface area (Å²) in [6, 6.07) is 3.88. The predicted molar refractivity (Wildman–Crippen MR) is 147 cm³/mol. The molecule has 5 N–H and O–H groups in total. The number of esters is 1. The average Bonchev–Trinajstić information content (AvgIpc) is 3.49. The van der Waals surface area contributed by atoms with Crippen LogP contribution in [0.4, 0.5) is 5.82 Å². The Labute approximate surface area is 226 Å². The molecule has 1 aliphatic heterocycles. The highest BCUT2D eigenvalue weighted by Gasteiger charge is 2.46. The molecule has 2 fully saturated rings. The quantitative estimate of drug-likeness (QED) is 0.435. The van der Waals surface area contributed by atoms with Crippen LogP contribution in [0.25, 0.3) is 5.52 Å². The summed E-state index contributed by atoms with van der Waals surface area (Å²) in [5, 5.41) is 12.8. The molecule has 2 aromatic heterocycles. The summed E-state index contributed by atoms with van der Waals surface area (Å²) in [6.45, 7) is 10.8. The molecular formula is C28H47N5O5. The van der Waals surface area contributed by atoms with Crippen LogP contribution in [-0.2, 0) is 24.7 Å². The van der Waals surface area contributed by atoms with Gasteiger partial charge >= 0.3 is 11.9 Å². The van der Waals surface area contributed by atoms with E-state index in [9.17, 15) is 9.59 Å². The maximum atomic E-state index is 11.3. The second-order valence-electron chi connectivity index (χ2n) is 11.2. The summed E-state index contributed by atoms with van der Waals surface area (Å²) in [6.07, 6.45) is 9.31. The molecule has 1 aliphatic carbocycles. The molecule has 214 valence electrons. The van der Waals surface area contributed by atoms with Crippen molar-refractivity contribution in [3.8, 4) is 0 Å². The molecule has 10 heteroatoms. The molecule has 2 aliphatic rings. The lowest BCUT2D eigenvalue weighted by molar-refractivity contribution is -0.150. The number of carboxylic acid groups (broad SMARTS) is 1. The van der Waals surface area contributed by atoms with Gasteiger partial charge in [-0.2, -0.15) is 5.10 Å². The van der Waals surface area contributed by atoms with E-state index in [1.54, 1.807) is 4.52 Å². The van der Waals surface area contributed by atoms with Gasteiger partial charge in [0.1, 0.15) is 24.1 Å². The molecule has 10 nitrogen and oxygen atoms in total. The van der Waals surface area contributed by atoms with E-state index in [1.807, 2.05) is 12.1 Å². The smallest absolute Gasteiger partial charge is 0.319 e. The van der Waals surface area contributed by atoms with Crippen molar-refractivity contribution >= 4 is 23.3 Å². The Bertz CT molecular complexity index is 1020. The Morgan fingerprint density at radius 2 is 1.82 bits per heavy atom. The van der Waals surface area contributed by atoms with E-state index in [4.69, 9.17) is 26.0 Å². The molecule has 0 aromatic carbocycles.